The predicted octanol–water partition coefficient (Wildman–Crippen LogP) is 5.48. The van der Waals surface area contributed by atoms with Crippen LogP contribution in [0.3, 0.4) is 0 Å². The van der Waals surface area contributed by atoms with Gasteiger partial charge in [-0.05, 0) is 67.6 Å². The Morgan fingerprint density at radius 1 is 0.975 bits per heavy atom. The summed E-state index contributed by atoms with van der Waals surface area (Å²) in [6.45, 7) is 2.07. The number of thioether (sulfide) groups is 1. The summed E-state index contributed by atoms with van der Waals surface area (Å²) in [7, 11) is 0. The number of alkyl halides is 3. The van der Waals surface area contributed by atoms with Crippen LogP contribution in [0, 0.1) is 5.82 Å². The number of ether oxygens (including phenoxy) is 1. The molecule has 0 unspecified atom stereocenters. The van der Waals surface area contributed by atoms with Crippen molar-refractivity contribution >= 4 is 29.3 Å². The first-order valence-corrected chi connectivity index (χ1v) is 12.9. The minimum atomic E-state index is -4.70. The van der Waals surface area contributed by atoms with Gasteiger partial charge in [0.1, 0.15) is 11.6 Å². The molecule has 4 aromatic rings. The van der Waals surface area contributed by atoms with Crippen LogP contribution in [0.15, 0.2) is 78.0 Å². The van der Waals surface area contributed by atoms with Crippen molar-refractivity contribution in [1.29, 1.82) is 0 Å². The third-order valence-electron chi connectivity index (χ3n) is 5.45. The van der Waals surface area contributed by atoms with E-state index in [1.165, 1.54) is 36.4 Å². The first kappa shape index (κ1) is 28.6. The van der Waals surface area contributed by atoms with Gasteiger partial charge in [0, 0.05) is 11.4 Å². The van der Waals surface area contributed by atoms with Crippen molar-refractivity contribution in [2.45, 2.75) is 24.8 Å². The van der Waals surface area contributed by atoms with Crippen molar-refractivity contribution < 1.29 is 31.9 Å². The fourth-order valence-corrected chi connectivity index (χ4v) is 4.44. The smallest absolute Gasteiger partial charge is 0.417 e. The fraction of sp³-hybridized carbons (Fsp3) is 0.185. The summed E-state index contributed by atoms with van der Waals surface area (Å²) in [5.41, 5.74) is -0.574. The number of aromatic nitrogens is 3. The topological polar surface area (TPSA) is 98.1 Å². The normalized spacial score (nSPS) is 11.2. The Morgan fingerprint density at radius 2 is 1.68 bits per heavy atom. The molecule has 0 saturated carbocycles. The zero-order chi connectivity index (χ0) is 28.7. The van der Waals surface area contributed by atoms with Crippen LogP contribution >= 0.6 is 11.8 Å². The average Bonchev–Trinajstić information content (AvgIpc) is 3.34. The third-order valence-corrected chi connectivity index (χ3v) is 6.38. The Morgan fingerprint density at radius 3 is 2.35 bits per heavy atom. The Labute approximate surface area is 230 Å². The lowest BCUT2D eigenvalue weighted by molar-refractivity contribution is -0.138. The molecule has 0 atom stereocenters. The standard InChI is InChI=1S/C27H23F4N5O3S/c1-2-39-20-13-11-19(12-14-20)36-23(15-32-25(38)21-5-3-4-6-22(21)27(29,30)31)34-35-26(36)40-16-24(37)33-18-9-7-17(28)8-10-18/h3-14H,2,15-16H2,1H3,(H,32,38)(H,33,37). The molecule has 0 saturated heterocycles. The fourth-order valence-electron chi connectivity index (χ4n) is 3.67. The summed E-state index contributed by atoms with van der Waals surface area (Å²) < 4.78 is 60.3. The molecular formula is C27H23F4N5O3S. The van der Waals surface area contributed by atoms with Crippen molar-refractivity contribution in [2.75, 3.05) is 17.7 Å². The molecule has 2 N–H and O–H groups in total. The van der Waals surface area contributed by atoms with E-state index in [4.69, 9.17) is 4.74 Å². The van der Waals surface area contributed by atoms with Gasteiger partial charge >= 0.3 is 6.18 Å². The number of hydrogen-bond donors (Lipinski definition) is 2. The van der Waals surface area contributed by atoms with E-state index in [0.717, 1.165) is 23.9 Å². The van der Waals surface area contributed by atoms with Gasteiger partial charge in [-0.1, -0.05) is 23.9 Å². The van der Waals surface area contributed by atoms with Crippen LogP contribution < -0.4 is 15.4 Å². The molecule has 1 heterocycles. The second-order valence-corrected chi connectivity index (χ2v) is 9.17. The molecule has 0 aliphatic carbocycles. The third kappa shape index (κ3) is 7.17. The molecular weight excluding hydrogens is 550 g/mol. The maximum absolute atomic E-state index is 13.4. The Hall–Kier alpha value is -4.39. The molecule has 2 amide bonds. The van der Waals surface area contributed by atoms with E-state index < -0.39 is 29.0 Å². The van der Waals surface area contributed by atoms with Gasteiger partial charge in [-0.15, -0.1) is 10.2 Å². The Kier molecular flexibility index (Phi) is 9.04. The molecule has 0 fully saturated rings. The molecule has 0 spiro atoms. The lowest BCUT2D eigenvalue weighted by atomic mass is 10.1. The summed E-state index contributed by atoms with van der Waals surface area (Å²) in [5, 5.41) is 13.7. The van der Waals surface area contributed by atoms with Crippen LogP contribution in [-0.4, -0.2) is 38.9 Å². The minimum absolute atomic E-state index is 0.0716. The first-order valence-electron chi connectivity index (χ1n) is 12.0. The van der Waals surface area contributed by atoms with Crippen molar-refractivity contribution in [3.63, 3.8) is 0 Å². The summed E-state index contributed by atoms with van der Waals surface area (Å²) in [5.74, 6) is -0.970. The van der Waals surface area contributed by atoms with E-state index in [-0.39, 0.29) is 24.0 Å². The molecule has 0 aliphatic heterocycles. The van der Waals surface area contributed by atoms with Crippen LogP contribution in [0.2, 0.25) is 0 Å². The number of nitrogens with zero attached hydrogens (tertiary/aromatic N) is 3. The molecule has 0 bridgehead atoms. The summed E-state index contributed by atoms with van der Waals surface area (Å²) >= 11 is 1.05. The highest BCUT2D eigenvalue weighted by atomic mass is 32.2. The summed E-state index contributed by atoms with van der Waals surface area (Å²) in [4.78, 5) is 25.2. The highest BCUT2D eigenvalue weighted by Gasteiger charge is 2.34. The van der Waals surface area contributed by atoms with Crippen molar-refractivity contribution in [2.24, 2.45) is 0 Å². The monoisotopic (exact) mass is 573 g/mol. The number of anilines is 1. The average molecular weight is 574 g/mol. The van der Waals surface area contributed by atoms with Gasteiger partial charge in [0.05, 0.1) is 30.0 Å². The summed E-state index contributed by atoms with van der Waals surface area (Å²) in [6, 6.07) is 16.7. The van der Waals surface area contributed by atoms with Gasteiger partial charge < -0.3 is 15.4 Å². The van der Waals surface area contributed by atoms with Crippen LogP contribution in [0.4, 0.5) is 23.2 Å². The van der Waals surface area contributed by atoms with Crippen molar-refractivity contribution in [3.05, 3.63) is 95.6 Å². The van der Waals surface area contributed by atoms with Crippen LogP contribution in [-0.2, 0) is 17.5 Å². The second kappa shape index (κ2) is 12.6. The van der Waals surface area contributed by atoms with Gasteiger partial charge in [0.25, 0.3) is 5.91 Å². The molecule has 0 aliphatic rings. The van der Waals surface area contributed by atoms with Crippen LogP contribution in [0.5, 0.6) is 5.75 Å². The molecule has 40 heavy (non-hydrogen) atoms. The van der Waals surface area contributed by atoms with E-state index >= 15 is 0 Å². The number of hydrogen-bond acceptors (Lipinski definition) is 6. The van der Waals surface area contributed by atoms with Gasteiger partial charge in [-0.3, -0.25) is 14.2 Å². The number of nitrogens with one attached hydrogen (secondary N) is 2. The zero-order valence-corrected chi connectivity index (χ0v) is 21.9. The van der Waals surface area contributed by atoms with E-state index in [9.17, 15) is 27.2 Å². The molecule has 8 nitrogen and oxygen atoms in total. The van der Waals surface area contributed by atoms with Crippen LogP contribution in [0.1, 0.15) is 28.7 Å². The Bertz CT molecular complexity index is 1480. The zero-order valence-electron chi connectivity index (χ0n) is 21.0. The van der Waals surface area contributed by atoms with E-state index in [0.29, 0.717) is 28.9 Å². The number of carbonyl (C=O) groups excluding carboxylic acids is 2. The lowest BCUT2D eigenvalue weighted by Gasteiger charge is -2.14. The first-order chi connectivity index (χ1) is 19.2. The lowest BCUT2D eigenvalue weighted by Crippen LogP contribution is -2.27. The molecule has 13 heteroatoms. The van der Waals surface area contributed by atoms with E-state index in [2.05, 4.69) is 20.8 Å². The van der Waals surface area contributed by atoms with Crippen LogP contribution in [0.25, 0.3) is 5.69 Å². The number of benzene rings is 3. The number of halogens is 4. The number of amides is 2. The number of carbonyl (C=O) groups is 2. The van der Waals surface area contributed by atoms with E-state index in [1.807, 2.05) is 6.92 Å². The van der Waals surface area contributed by atoms with Crippen molar-refractivity contribution in [3.8, 4) is 11.4 Å². The molecule has 1 aromatic heterocycles. The van der Waals surface area contributed by atoms with Gasteiger partial charge in [-0.25, -0.2) is 4.39 Å². The highest BCUT2D eigenvalue weighted by molar-refractivity contribution is 7.99. The largest absolute Gasteiger partial charge is 0.494 e. The van der Waals surface area contributed by atoms with Gasteiger partial charge in [0.15, 0.2) is 11.0 Å². The van der Waals surface area contributed by atoms with E-state index in [1.54, 1.807) is 28.8 Å². The molecule has 3 aromatic carbocycles. The summed E-state index contributed by atoms with van der Waals surface area (Å²) in [6.07, 6.45) is -4.70. The molecule has 208 valence electrons. The predicted molar refractivity (Wildman–Crippen MR) is 141 cm³/mol. The quantitative estimate of drug-likeness (QED) is 0.193. The number of rotatable bonds is 10. The molecule has 0 radical (unpaired) electrons. The van der Waals surface area contributed by atoms with Gasteiger partial charge in [-0.2, -0.15) is 13.2 Å². The molecule has 4 rings (SSSR count). The SMILES string of the molecule is CCOc1ccc(-n2c(CNC(=O)c3ccccc3C(F)(F)F)nnc2SCC(=O)Nc2ccc(F)cc2)cc1. The van der Waals surface area contributed by atoms with Crippen molar-refractivity contribution in [1.82, 2.24) is 20.1 Å². The second-order valence-electron chi connectivity index (χ2n) is 8.23. The highest BCUT2D eigenvalue weighted by Crippen LogP contribution is 2.32. The maximum Gasteiger partial charge on any atom is 0.417 e. The Balaban J connectivity index is 1.54. The maximum atomic E-state index is 13.4. The van der Waals surface area contributed by atoms with Gasteiger partial charge in [0.2, 0.25) is 5.91 Å². The minimum Gasteiger partial charge on any atom is -0.494 e.